The van der Waals surface area contributed by atoms with E-state index in [0.29, 0.717) is 22.2 Å². The van der Waals surface area contributed by atoms with Gasteiger partial charge in [0, 0.05) is 11.1 Å². The number of aryl methyl sites for hydroxylation is 2. The molecule has 0 saturated carbocycles. The molecule has 0 aliphatic carbocycles. The normalized spacial score (nSPS) is 10.7. The summed E-state index contributed by atoms with van der Waals surface area (Å²) < 4.78 is 5.35. The first-order valence-electron chi connectivity index (χ1n) is 9.50. The van der Waals surface area contributed by atoms with Crippen molar-refractivity contribution in [3.05, 3.63) is 82.7 Å². The van der Waals surface area contributed by atoms with Crippen LogP contribution in [0.2, 0.25) is 0 Å². The number of nitrogens with zero attached hydrogens (tertiary/aromatic N) is 1. The van der Waals surface area contributed by atoms with Gasteiger partial charge in [-0.2, -0.15) is 0 Å². The maximum atomic E-state index is 12.8. The molecule has 0 fully saturated rings. The van der Waals surface area contributed by atoms with Crippen LogP contribution >= 0.6 is 11.3 Å². The first-order chi connectivity index (χ1) is 14.5. The van der Waals surface area contributed by atoms with Crippen molar-refractivity contribution < 1.29 is 14.3 Å². The Kier molecular flexibility index (Phi) is 5.59. The Labute approximate surface area is 178 Å². The number of hydrogen-bond acceptors (Lipinski definition) is 5. The van der Waals surface area contributed by atoms with Crippen LogP contribution in [0.15, 0.2) is 66.0 Å². The van der Waals surface area contributed by atoms with Crippen LogP contribution in [0, 0.1) is 13.8 Å². The number of para-hydroxylation sites is 2. The average Bonchev–Trinajstić information content (AvgIpc) is 3.29. The summed E-state index contributed by atoms with van der Waals surface area (Å²) in [5.41, 5.74) is 4.45. The summed E-state index contributed by atoms with van der Waals surface area (Å²) in [6, 6.07) is 18.8. The number of esters is 1. The maximum Gasteiger partial charge on any atom is 0.339 e. The minimum Gasteiger partial charge on any atom is -0.452 e. The molecule has 4 rings (SSSR count). The molecule has 0 aliphatic rings. The lowest BCUT2D eigenvalue weighted by molar-refractivity contribution is -0.119. The van der Waals surface area contributed by atoms with Gasteiger partial charge in [0.05, 0.1) is 21.7 Å². The number of fused-ring (bicyclic) bond motifs is 1. The number of nitrogens with one attached hydrogen (secondary N) is 1. The zero-order valence-electron chi connectivity index (χ0n) is 16.6. The molecule has 0 bridgehead atoms. The van der Waals surface area contributed by atoms with Crippen LogP contribution in [0.25, 0.3) is 21.5 Å². The van der Waals surface area contributed by atoms with E-state index in [9.17, 15) is 9.59 Å². The minimum absolute atomic E-state index is 0.363. The molecule has 6 heteroatoms. The average molecular weight is 417 g/mol. The SMILES string of the molecule is Cc1cccc(C)c1NC(=O)COC(=O)c1cc(-c2cccs2)nc2ccccc12. The topological polar surface area (TPSA) is 68.3 Å². The molecule has 5 nitrogen and oxygen atoms in total. The van der Waals surface area contributed by atoms with E-state index in [2.05, 4.69) is 10.3 Å². The number of anilines is 1. The number of rotatable bonds is 5. The summed E-state index contributed by atoms with van der Waals surface area (Å²) in [4.78, 5) is 30.8. The highest BCUT2D eigenvalue weighted by Crippen LogP contribution is 2.28. The highest BCUT2D eigenvalue weighted by Gasteiger charge is 2.17. The summed E-state index contributed by atoms with van der Waals surface area (Å²) in [5.74, 6) is -0.930. The largest absolute Gasteiger partial charge is 0.452 e. The van der Waals surface area contributed by atoms with Gasteiger partial charge < -0.3 is 10.1 Å². The molecule has 150 valence electrons. The second-order valence-electron chi connectivity index (χ2n) is 6.94. The smallest absolute Gasteiger partial charge is 0.339 e. The lowest BCUT2D eigenvalue weighted by Gasteiger charge is -2.12. The van der Waals surface area contributed by atoms with Gasteiger partial charge in [-0.05, 0) is 48.6 Å². The highest BCUT2D eigenvalue weighted by atomic mass is 32.1. The Hall–Kier alpha value is -3.51. The molecule has 0 atom stereocenters. The lowest BCUT2D eigenvalue weighted by Crippen LogP contribution is -2.22. The highest BCUT2D eigenvalue weighted by molar-refractivity contribution is 7.13. The molecule has 2 aromatic heterocycles. The predicted molar refractivity (Wildman–Crippen MR) is 120 cm³/mol. The van der Waals surface area contributed by atoms with Crippen molar-refractivity contribution in [1.82, 2.24) is 4.98 Å². The molecule has 1 N–H and O–H groups in total. The summed E-state index contributed by atoms with van der Waals surface area (Å²) in [6.45, 7) is 3.48. The second-order valence-corrected chi connectivity index (χ2v) is 7.89. The third-order valence-electron chi connectivity index (χ3n) is 4.79. The fraction of sp³-hybridized carbons (Fsp3) is 0.125. The van der Waals surface area contributed by atoms with Crippen molar-refractivity contribution in [3.8, 4) is 10.6 Å². The Morgan fingerprint density at radius 2 is 1.77 bits per heavy atom. The standard InChI is InChI=1S/C24H20N2O3S/c1-15-7-5-8-16(2)23(15)26-22(27)14-29-24(28)18-13-20(21-11-6-12-30-21)25-19-10-4-3-9-17(18)19/h3-13H,14H2,1-2H3,(H,26,27). The van der Waals surface area contributed by atoms with Crippen molar-refractivity contribution in [2.24, 2.45) is 0 Å². The van der Waals surface area contributed by atoms with E-state index in [1.165, 1.54) is 0 Å². The quantitative estimate of drug-likeness (QED) is 0.444. The molecule has 0 aliphatic heterocycles. The van der Waals surface area contributed by atoms with E-state index >= 15 is 0 Å². The number of benzene rings is 2. The van der Waals surface area contributed by atoms with Crippen LogP contribution in [0.4, 0.5) is 5.69 Å². The molecule has 4 aromatic rings. The van der Waals surface area contributed by atoms with E-state index in [4.69, 9.17) is 4.74 Å². The van der Waals surface area contributed by atoms with Crippen molar-refractivity contribution in [3.63, 3.8) is 0 Å². The number of amides is 1. The molecule has 0 spiro atoms. The van der Waals surface area contributed by atoms with E-state index in [-0.39, 0.29) is 12.5 Å². The molecular formula is C24H20N2O3S. The van der Waals surface area contributed by atoms with Gasteiger partial charge in [0.15, 0.2) is 6.61 Å². The van der Waals surface area contributed by atoms with Gasteiger partial charge in [0.1, 0.15) is 0 Å². The Balaban J connectivity index is 1.55. The van der Waals surface area contributed by atoms with Crippen LogP contribution in [0.1, 0.15) is 21.5 Å². The zero-order chi connectivity index (χ0) is 21.1. The molecule has 1 amide bonds. The van der Waals surface area contributed by atoms with Gasteiger partial charge in [-0.15, -0.1) is 11.3 Å². The Bertz CT molecular complexity index is 1210. The van der Waals surface area contributed by atoms with Crippen molar-refractivity contribution >= 4 is 39.8 Å². The molecule has 0 saturated heterocycles. The van der Waals surface area contributed by atoms with Crippen LogP contribution in [-0.4, -0.2) is 23.5 Å². The number of pyridine rings is 1. The number of carbonyl (C=O) groups excluding carboxylic acids is 2. The summed E-state index contributed by atoms with van der Waals surface area (Å²) >= 11 is 1.55. The van der Waals surface area contributed by atoms with Crippen LogP contribution in [0.5, 0.6) is 0 Å². The van der Waals surface area contributed by atoms with Gasteiger partial charge in [-0.3, -0.25) is 4.79 Å². The third kappa shape index (κ3) is 4.09. The van der Waals surface area contributed by atoms with Gasteiger partial charge >= 0.3 is 5.97 Å². The fourth-order valence-electron chi connectivity index (χ4n) is 3.29. The van der Waals surface area contributed by atoms with E-state index in [1.807, 2.05) is 73.8 Å². The van der Waals surface area contributed by atoms with Crippen molar-refractivity contribution in [2.75, 3.05) is 11.9 Å². The summed E-state index contributed by atoms with van der Waals surface area (Å²) in [6.07, 6.45) is 0. The Morgan fingerprint density at radius 1 is 1.00 bits per heavy atom. The van der Waals surface area contributed by atoms with Gasteiger partial charge in [0.25, 0.3) is 5.91 Å². The van der Waals surface area contributed by atoms with Gasteiger partial charge in [-0.25, -0.2) is 9.78 Å². The minimum atomic E-state index is -0.553. The molecule has 2 aromatic carbocycles. The molecule has 0 unspecified atom stereocenters. The maximum absolute atomic E-state index is 12.8. The number of ether oxygens (including phenoxy) is 1. The Morgan fingerprint density at radius 3 is 2.50 bits per heavy atom. The lowest BCUT2D eigenvalue weighted by atomic mass is 10.1. The molecule has 2 heterocycles. The molecule has 30 heavy (non-hydrogen) atoms. The first-order valence-corrected chi connectivity index (χ1v) is 10.4. The second kappa shape index (κ2) is 8.47. The van der Waals surface area contributed by atoms with E-state index in [0.717, 1.165) is 21.7 Å². The van der Waals surface area contributed by atoms with Crippen molar-refractivity contribution in [1.29, 1.82) is 0 Å². The van der Waals surface area contributed by atoms with E-state index < -0.39 is 5.97 Å². The third-order valence-corrected chi connectivity index (χ3v) is 5.68. The van der Waals surface area contributed by atoms with Gasteiger partial charge in [-0.1, -0.05) is 42.5 Å². The predicted octanol–water partition coefficient (Wildman–Crippen LogP) is 5.38. The van der Waals surface area contributed by atoms with Crippen LogP contribution in [0.3, 0.4) is 0 Å². The fourth-order valence-corrected chi connectivity index (χ4v) is 3.98. The van der Waals surface area contributed by atoms with Gasteiger partial charge in [0.2, 0.25) is 0 Å². The summed E-state index contributed by atoms with van der Waals surface area (Å²) in [7, 11) is 0. The van der Waals surface area contributed by atoms with E-state index in [1.54, 1.807) is 17.4 Å². The zero-order valence-corrected chi connectivity index (χ0v) is 17.5. The first kappa shape index (κ1) is 19.8. The molecular weight excluding hydrogens is 396 g/mol. The number of aromatic nitrogens is 1. The number of carbonyl (C=O) groups is 2. The van der Waals surface area contributed by atoms with Crippen LogP contribution in [-0.2, 0) is 9.53 Å². The monoisotopic (exact) mass is 416 g/mol. The number of hydrogen-bond donors (Lipinski definition) is 1. The van der Waals surface area contributed by atoms with Crippen LogP contribution < -0.4 is 5.32 Å². The molecule has 0 radical (unpaired) electrons. The summed E-state index contributed by atoms with van der Waals surface area (Å²) in [5, 5.41) is 5.48. The number of thiophene rings is 1. The van der Waals surface area contributed by atoms with Crippen molar-refractivity contribution in [2.45, 2.75) is 13.8 Å².